The number of aromatic nitrogens is 1. The van der Waals surface area contributed by atoms with Crippen molar-refractivity contribution < 1.29 is 31.1 Å². The summed E-state index contributed by atoms with van der Waals surface area (Å²) in [6, 6.07) is 1.10. The first-order chi connectivity index (χ1) is 8.62. The molecule has 0 aliphatic rings. The average molecular weight is 289 g/mol. The SMILES string of the molecule is NNc1cc(C(F)(F)F)cc(OCCC(F)(F)F)n1. The molecule has 0 aromatic carbocycles. The van der Waals surface area contributed by atoms with E-state index in [0.29, 0.717) is 12.1 Å². The van der Waals surface area contributed by atoms with Gasteiger partial charge in [0, 0.05) is 6.07 Å². The van der Waals surface area contributed by atoms with Crippen molar-refractivity contribution in [3.8, 4) is 5.88 Å². The third-order valence-corrected chi connectivity index (χ3v) is 1.91. The topological polar surface area (TPSA) is 60.2 Å². The lowest BCUT2D eigenvalue weighted by Crippen LogP contribution is -2.15. The molecule has 4 nitrogen and oxygen atoms in total. The van der Waals surface area contributed by atoms with Crippen LogP contribution < -0.4 is 16.0 Å². The summed E-state index contributed by atoms with van der Waals surface area (Å²) in [4.78, 5) is 3.46. The standard InChI is InChI=1S/C9H9F6N3O/c10-8(11,12)1-2-19-7-4-5(9(13,14)15)3-6(17-7)18-16/h3-4H,1-2,16H2,(H,17,18). The number of hydrogen-bond donors (Lipinski definition) is 2. The third-order valence-electron chi connectivity index (χ3n) is 1.91. The number of nitrogens with one attached hydrogen (secondary N) is 1. The second-order valence-electron chi connectivity index (χ2n) is 3.44. The second kappa shape index (κ2) is 5.51. The van der Waals surface area contributed by atoms with Gasteiger partial charge in [-0.2, -0.15) is 31.3 Å². The van der Waals surface area contributed by atoms with Crippen LogP contribution in [0.15, 0.2) is 12.1 Å². The number of nitrogens with two attached hydrogens (primary N) is 1. The maximum absolute atomic E-state index is 12.5. The molecule has 1 aromatic rings. The van der Waals surface area contributed by atoms with Gasteiger partial charge in [0.2, 0.25) is 5.88 Å². The molecule has 19 heavy (non-hydrogen) atoms. The molecule has 3 N–H and O–H groups in total. The van der Waals surface area contributed by atoms with Crippen molar-refractivity contribution in [2.24, 2.45) is 5.84 Å². The Morgan fingerprint density at radius 1 is 1.16 bits per heavy atom. The monoisotopic (exact) mass is 289 g/mol. The Morgan fingerprint density at radius 2 is 1.79 bits per heavy atom. The summed E-state index contributed by atoms with van der Waals surface area (Å²) in [5.74, 6) is 3.96. The lowest BCUT2D eigenvalue weighted by Gasteiger charge is -2.12. The van der Waals surface area contributed by atoms with Crippen LogP contribution in [0.25, 0.3) is 0 Å². The van der Waals surface area contributed by atoms with E-state index in [-0.39, 0.29) is 5.82 Å². The average Bonchev–Trinajstić information content (AvgIpc) is 2.25. The Hall–Kier alpha value is -1.71. The molecule has 0 bridgehead atoms. The van der Waals surface area contributed by atoms with Gasteiger partial charge in [0.25, 0.3) is 0 Å². The summed E-state index contributed by atoms with van der Waals surface area (Å²) in [5.41, 5.74) is 0.746. The minimum atomic E-state index is -4.68. The molecular formula is C9H9F6N3O. The van der Waals surface area contributed by atoms with Gasteiger partial charge in [0.15, 0.2) is 0 Å². The minimum Gasteiger partial charge on any atom is -0.477 e. The fourth-order valence-corrected chi connectivity index (χ4v) is 1.09. The van der Waals surface area contributed by atoms with Crippen molar-refractivity contribution in [2.75, 3.05) is 12.0 Å². The van der Waals surface area contributed by atoms with Crippen LogP contribution in [-0.2, 0) is 6.18 Å². The summed E-state index contributed by atoms with van der Waals surface area (Å²) >= 11 is 0. The molecule has 0 saturated heterocycles. The van der Waals surface area contributed by atoms with E-state index < -0.39 is 36.8 Å². The summed E-state index contributed by atoms with van der Waals surface area (Å²) in [5, 5.41) is 0. The van der Waals surface area contributed by atoms with Gasteiger partial charge in [-0.25, -0.2) is 5.84 Å². The summed E-state index contributed by atoms with van der Waals surface area (Å²) in [6.45, 7) is -0.832. The summed E-state index contributed by atoms with van der Waals surface area (Å²) in [7, 11) is 0. The van der Waals surface area contributed by atoms with Crippen molar-refractivity contribution in [2.45, 2.75) is 18.8 Å². The predicted octanol–water partition coefficient (Wildman–Crippen LogP) is 2.72. The second-order valence-corrected chi connectivity index (χ2v) is 3.44. The zero-order valence-electron chi connectivity index (χ0n) is 9.27. The Labute approximate surface area is 103 Å². The number of hydrazine groups is 1. The van der Waals surface area contributed by atoms with E-state index in [0.717, 1.165) is 0 Å². The van der Waals surface area contributed by atoms with Crippen molar-refractivity contribution >= 4 is 5.82 Å². The summed E-state index contributed by atoms with van der Waals surface area (Å²) < 4.78 is 77.5. The number of hydrogen-bond acceptors (Lipinski definition) is 4. The molecule has 1 aromatic heterocycles. The normalized spacial score (nSPS) is 12.4. The smallest absolute Gasteiger partial charge is 0.416 e. The first-order valence-electron chi connectivity index (χ1n) is 4.87. The highest BCUT2D eigenvalue weighted by molar-refractivity contribution is 5.41. The van der Waals surface area contributed by atoms with Crippen LogP contribution in [-0.4, -0.2) is 17.8 Å². The van der Waals surface area contributed by atoms with Crippen LogP contribution in [0.4, 0.5) is 32.2 Å². The quantitative estimate of drug-likeness (QED) is 0.508. The van der Waals surface area contributed by atoms with E-state index in [1.54, 1.807) is 0 Å². The van der Waals surface area contributed by atoms with Crippen molar-refractivity contribution in [3.05, 3.63) is 17.7 Å². The van der Waals surface area contributed by atoms with Gasteiger partial charge in [-0.1, -0.05) is 0 Å². The zero-order chi connectivity index (χ0) is 14.7. The highest BCUT2D eigenvalue weighted by atomic mass is 19.4. The van der Waals surface area contributed by atoms with Gasteiger partial charge in [0.1, 0.15) is 5.82 Å². The first-order valence-corrected chi connectivity index (χ1v) is 4.87. The maximum Gasteiger partial charge on any atom is 0.416 e. The van der Waals surface area contributed by atoms with Gasteiger partial charge >= 0.3 is 12.4 Å². The number of rotatable bonds is 4. The molecule has 0 spiro atoms. The molecule has 0 aliphatic carbocycles. The van der Waals surface area contributed by atoms with E-state index in [2.05, 4.69) is 9.72 Å². The molecule has 0 unspecified atom stereocenters. The van der Waals surface area contributed by atoms with Crippen LogP contribution in [0.1, 0.15) is 12.0 Å². The van der Waals surface area contributed by atoms with Gasteiger partial charge in [0.05, 0.1) is 18.6 Å². The van der Waals surface area contributed by atoms with Crippen molar-refractivity contribution in [3.63, 3.8) is 0 Å². The van der Waals surface area contributed by atoms with Crippen LogP contribution >= 0.6 is 0 Å². The Balaban J connectivity index is 2.83. The molecular weight excluding hydrogens is 280 g/mol. The van der Waals surface area contributed by atoms with E-state index in [9.17, 15) is 26.3 Å². The fraction of sp³-hybridized carbons (Fsp3) is 0.444. The molecule has 108 valence electrons. The number of alkyl halides is 6. The molecule has 0 saturated carbocycles. The molecule has 0 aliphatic heterocycles. The lowest BCUT2D eigenvalue weighted by molar-refractivity contribution is -0.141. The lowest BCUT2D eigenvalue weighted by atomic mass is 10.2. The number of halogens is 6. The van der Waals surface area contributed by atoms with Gasteiger partial charge in [-0.3, -0.25) is 0 Å². The number of anilines is 1. The number of pyridine rings is 1. The van der Waals surface area contributed by atoms with Gasteiger partial charge < -0.3 is 10.2 Å². The fourth-order valence-electron chi connectivity index (χ4n) is 1.09. The molecule has 10 heteroatoms. The molecule has 0 fully saturated rings. The van der Waals surface area contributed by atoms with Crippen molar-refractivity contribution in [1.82, 2.24) is 4.98 Å². The van der Waals surface area contributed by atoms with Crippen LogP contribution in [0, 0.1) is 0 Å². The first kappa shape index (κ1) is 15.3. The number of nitrogens with zero attached hydrogens (tertiary/aromatic N) is 1. The Morgan fingerprint density at radius 3 is 2.26 bits per heavy atom. The number of ether oxygens (including phenoxy) is 1. The van der Waals surface area contributed by atoms with Crippen LogP contribution in [0.3, 0.4) is 0 Å². The molecule has 0 atom stereocenters. The van der Waals surface area contributed by atoms with Crippen LogP contribution in [0.5, 0.6) is 5.88 Å². The van der Waals surface area contributed by atoms with E-state index in [1.807, 2.05) is 5.43 Å². The minimum absolute atomic E-state index is 0.364. The van der Waals surface area contributed by atoms with Crippen molar-refractivity contribution in [1.29, 1.82) is 0 Å². The molecule has 0 amide bonds. The maximum atomic E-state index is 12.5. The molecule has 1 heterocycles. The van der Waals surface area contributed by atoms with E-state index in [1.165, 1.54) is 0 Å². The third kappa shape index (κ3) is 5.20. The highest BCUT2D eigenvalue weighted by Crippen LogP contribution is 2.32. The summed E-state index contributed by atoms with van der Waals surface area (Å²) in [6.07, 6.45) is -10.4. The Kier molecular flexibility index (Phi) is 4.45. The van der Waals surface area contributed by atoms with Gasteiger partial charge in [-0.15, -0.1) is 0 Å². The van der Waals surface area contributed by atoms with E-state index >= 15 is 0 Å². The van der Waals surface area contributed by atoms with Gasteiger partial charge in [-0.05, 0) is 6.07 Å². The van der Waals surface area contributed by atoms with Crippen LogP contribution in [0.2, 0.25) is 0 Å². The highest BCUT2D eigenvalue weighted by Gasteiger charge is 2.32. The number of nitrogen functional groups attached to an aromatic ring is 1. The predicted molar refractivity (Wildman–Crippen MR) is 53.2 cm³/mol. The molecule has 1 rings (SSSR count). The van der Waals surface area contributed by atoms with E-state index in [4.69, 9.17) is 5.84 Å². The largest absolute Gasteiger partial charge is 0.477 e. The zero-order valence-corrected chi connectivity index (χ0v) is 9.27. The molecule has 0 radical (unpaired) electrons. The Bertz CT molecular complexity index is 431.